The highest BCUT2D eigenvalue weighted by atomic mass is 19.4. The fourth-order valence-corrected chi connectivity index (χ4v) is 1.18. The molecule has 0 aliphatic carbocycles. The Balaban J connectivity index is 5.30. The van der Waals surface area contributed by atoms with Gasteiger partial charge in [-0.1, -0.05) is 6.92 Å². The molecule has 0 aromatic rings. The van der Waals surface area contributed by atoms with E-state index in [4.69, 9.17) is 15.3 Å². The van der Waals surface area contributed by atoms with E-state index in [1.165, 1.54) is 6.92 Å². The number of hydrogen-bond acceptors (Lipinski definition) is 5. The Morgan fingerprint density at radius 2 is 1.38 bits per heavy atom. The van der Waals surface area contributed by atoms with Gasteiger partial charge in [-0.05, 0) is 6.42 Å². The minimum atomic E-state index is -6.34. The first-order chi connectivity index (χ1) is 9.31. The van der Waals surface area contributed by atoms with Gasteiger partial charge in [-0.15, -0.1) is 0 Å². The van der Waals surface area contributed by atoms with Crippen molar-refractivity contribution in [3.8, 4) is 0 Å². The molecule has 0 heterocycles. The van der Waals surface area contributed by atoms with Crippen molar-refractivity contribution in [3.05, 3.63) is 0 Å². The standard InChI is InChI=1S/C10H14F6O5/c1-2-7(3-17,4-18)5-21-6(19)8(20,9(11,12)13)10(14,15)16/h17-18,20H,2-5H2,1H3. The Bertz CT molecular complexity index is 338. The second-order valence-electron chi connectivity index (χ2n) is 4.45. The van der Waals surface area contributed by atoms with E-state index in [0.717, 1.165) is 0 Å². The predicted octanol–water partition coefficient (Wildman–Crippen LogP) is 0.766. The van der Waals surface area contributed by atoms with Crippen LogP contribution >= 0.6 is 0 Å². The van der Waals surface area contributed by atoms with Crippen LogP contribution in [0.1, 0.15) is 13.3 Å². The van der Waals surface area contributed by atoms with Crippen LogP contribution in [-0.4, -0.2) is 59.1 Å². The fourth-order valence-electron chi connectivity index (χ4n) is 1.18. The van der Waals surface area contributed by atoms with Crippen molar-refractivity contribution in [1.82, 2.24) is 0 Å². The molecule has 0 unspecified atom stereocenters. The minimum absolute atomic E-state index is 0.0935. The molecule has 0 amide bonds. The summed E-state index contributed by atoms with van der Waals surface area (Å²) >= 11 is 0. The molecule has 11 heteroatoms. The van der Waals surface area contributed by atoms with Gasteiger partial charge in [0.15, 0.2) is 0 Å². The molecule has 0 saturated heterocycles. The van der Waals surface area contributed by atoms with Crippen LogP contribution in [0.15, 0.2) is 0 Å². The number of ether oxygens (including phenoxy) is 1. The number of carbonyl (C=O) groups is 1. The van der Waals surface area contributed by atoms with Crippen LogP contribution in [0.2, 0.25) is 0 Å². The Labute approximate surface area is 115 Å². The third kappa shape index (κ3) is 3.77. The zero-order valence-corrected chi connectivity index (χ0v) is 10.8. The summed E-state index contributed by atoms with van der Waals surface area (Å²) in [6.45, 7) is -1.45. The van der Waals surface area contributed by atoms with Gasteiger partial charge < -0.3 is 20.1 Å². The van der Waals surface area contributed by atoms with Crippen molar-refractivity contribution in [3.63, 3.8) is 0 Å². The van der Waals surface area contributed by atoms with Gasteiger partial charge in [0.1, 0.15) is 6.61 Å². The number of carbonyl (C=O) groups excluding carboxylic acids is 1. The first kappa shape index (κ1) is 19.9. The van der Waals surface area contributed by atoms with Crippen molar-refractivity contribution in [2.24, 2.45) is 5.41 Å². The Morgan fingerprint density at radius 1 is 1.00 bits per heavy atom. The number of rotatable bonds is 6. The average molecular weight is 328 g/mol. The molecule has 0 aromatic carbocycles. The lowest BCUT2D eigenvalue weighted by Gasteiger charge is -2.32. The summed E-state index contributed by atoms with van der Waals surface area (Å²) in [5.41, 5.74) is -7.28. The zero-order valence-electron chi connectivity index (χ0n) is 10.8. The van der Waals surface area contributed by atoms with E-state index in [1.54, 1.807) is 0 Å². The SMILES string of the molecule is CCC(CO)(CO)COC(=O)C(O)(C(F)(F)F)C(F)(F)F. The summed E-state index contributed by atoms with van der Waals surface area (Å²) < 4.78 is 77.9. The molecule has 0 aromatic heterocycles. The molecule has 0 radical (unpaired) electrons. The monoisotopic (exact) mass is 328 g/mol. The molecule has 21 heavy (non-hydrogen) atoms. The number of alkyl halides is 6. The summed E-state index contributed by atoms with van der Waals surface area (Å²) in [6.07, 6.45) is -12.8. The number of aliphatic hydroxyl groups is 3. The number of esters is 1. The molecule has 0 bridgehead atoms. The predicted molar refractivity (Wildman–Crippen MR) is 54.9 cm³/mol. The van der Waals surface area contributed by atoms with E-state index >= 15 is 0 Å². The maximum atomic E-state index is 12.3. The van der Waals surface area contributed by atoms with Gasteiger partial charge in [0.25, 0.3) is 0 Å². The van der Waals surface area contributed by atoms with Crippen molar-refractivity contribution >= 4 is 5.97 Å². The molecule has 3 N–H and O–H groups in total. The lowest BCUT2D eigenvalue weighted by molar-refractivity contribution is -0.357. The third-order valence-electron chi connectivity index (χ3n) is 3.05. The number of halogens is 6. The molecule has 0 aliphatic heterocycles. The Kier molecular flexibility index (Phi) is 6.04. The van der Waals surface area contributed by atoms with E-state index in [-0.39, 0.29) is 6.42 Å². The number of aliphatic hydroxyl groups excluding tert-OH is 2. The second kappa shape index (κ2) is 6.36. The first-order valence-corrected chi connectivity index (χ1v) is 5.56. The topological polar surface area (TPSA) is 87.0 Å². The summed E-state index contributed by atoms with van der Waals surface area (Å²) in [7, 11) is 0. The average Bonchev–Trinajstić information content (AvgIpc) is 2.37. The van der Waals surface area contributed by atoms with Gasteiger partial charge >= 0.3 is 23.9 Å². The van der Waals surface area contributed by atoms with Crippen LogP contribution in [0.4, 0.5) is 26.3 Å². The normalized spacial score (nSPS) is 14.2. The van der Waals surface area contributed by atoms with Crippen LogP contribution < -0.4 is 0 Å². The second-order valence-corrected chi connectivity index (χ2v) is 4.45. The quantitative estimate of drug-likeness (QED) is 0.495. The maximum absolute atomic E-state index is 12.3. The molecule has 5 nitrogen and oxygen atoms in total. The fraction of sp³-hybridized carbons (Fsp3) is 0.900. The lowest BCUT2D eigenvalue weighted by Crippen LogP contribution is -2.63. The van der Waals surface area contributed by atoms with E-state index in [0.29, 0.717) is 0 Å². The van der Waals surface area contributed by atoms with Crippen LogP contribution in [0.5, 0.6) is 0 Å². The van der Waals surface area contributed by atoms with E-state index < -0.39 is 49.2 Å². The van der Waals surface area contributed by atoms with Crippen molar-refractivity contribution in [2.45, 2.75) is 31.3 Å². The minimum Gasteiger partial charge on any atom is -0.462 e. The van der Waals surface area contributed by atoms with Crippen LogP contribution in [0.3, 0.4) is 0 Å². The Hall–Kier alpha value is -1.07. The van der Waals surface area contributed by atoms with Crippen LogP contribution in [-0.2, 0) is 9.53 Å². The van der Waals surface area contributed by atoms with Gasteiger partial charge in [0.05, 0.1) is 18.6 Å². The van der Waals surface area contributed by atoms with E-state index in [2.05, 4.69) is 4.74 Å². The largest absolute Gasteiger partial charge is 0.462 e. The molecular formula is C10H14F6O5. The maximum Gasteiger partial charge on any atom is 0.437 e. The lowest BCUT2D eigenvalue weighted by atomic mass is 9.88. The summed E-state index contributed by atoms with van der Waals surface area (Å²) in [5, 5.41) is 26.6. The van der Waals surface area contributed by atoms with Gasteiger partial charge in [0.2, 0.25) is 0 Å². The smallest absolute Gasteiger partial charge is 0.437 e. The summed E-state index contributed by atoms with van der Waals surface area (Å²) in [6, 6.07) is 0. The van der Waals surface area contributed by atoms with Gasteiger partial charge in [-0.3, -0.25) is 0 Å². The van der Waals surface area contributed by atoms with Gasteiger partial charge in [-0.25, -0.2) is 4.79 Å². The van der Waals surface area contributed by atoms with E-state index in [1.807, 2.05) is 0 Å². The third-order valence-corrected chi connectivity index (χ3v) is 3.05. The molecule has 126 valence electrons. The molecule has 0 atom stereocenters. The van der Waals surface area contributed by atoms with Crippen LogP contribution in [0, 0.1) is 5.41 Å². The first-order valence-electron chi connectivity index (χ1n) is 5.56. The summed E-state index contributed by atoms with van der Waals surface area (Å²) in [4.78, 5) is 11.1. The number of hydrogen-bond donors (Lipinski definition) is 3. The highest BCUT2D eigenvalue weighted by Crippen LogP contribution is 2.44. The Morgan fingerprint density at radius 3 is 1.62 bits per heavy atom. The van der Waals surface area contributed by atoms with Gasteiger partial charge in [-0.2, -0.15) is 26.3 Å². The highest BCUT2D eigenvalue weighted by Gasteiger charge is 2.76. The molecule has 0 rings (SSSR count). The van der Waals surface area contributed by atoms with Crippen molar-refractivity contribution in [2.75, 3.05) is 19.8 Å². The molecule has 0 aliphatic rings. The van der Waals surface area contributed by atoms with Crippen molar-refractivity contribution in [1.29, 1.82) is 0 Å². The van der Waals surface area contributed by atoms with Crippen molar-refractivity contribution < 1.29 is 51.2 Å². The molecular weight excluding hydrogens is 314 g/mol. The molecule has 0 spiro atoms. The van der Waals surface area contributed by atoms with Crippen LogP contribution in [0.25, 0.3) is 0 Å². The molecule has 0 saturated carbocycles. The highest BCUT2D eigenvalue weighted by molar-refractivity contribution is 5.81. The van der Waals surface area contributed by atoms with Gasteiger partial charge in [0, 0.05) is 0 Å². The summed E-state index contributed by atoms with van der Waals surface area (Å²) in [5.74, 6) is -2.97. The zero-order chi connectivity index (χ0) is 17.1. The molecule has 0 fully saturated rings. The van der Waals surface area contributed by atoms with E-state index in [9.17, 15) is 31.1 Å².